The van der Waals surface area contributed by atoms with Crippen molar-refractivity contribution in [1.29, 1.82) is 0 Å². The van der Waals surface area contributed by atoms with Gasteiger partial charge in [-0.15, -0.1) is 0 Å². The van der Waals surface area contributed by atoms with Crippen molar-refractivity contribution in [2.75, 3.05) is 23.9 Å². The second-order valence-corrected chi connectivity index (χ2v) is 3.87. The fourth-order valence-electron chi connectivity index (χ4n) is 1.55. The highest BCUT2D eigenvalue weighted by molar-refractivity contribution is 6.31. The average molecular weight is 231 g/mol. The molecule has 1 aromatic carbocycles. The van der Waals surface area contributed by atoms with Crippen LogP contribution >= 0.6 is 11.6 Å². The smallest absolute Gasteiger partial charge is 0.144 e. The first-order valence-electron chi connectivity index (χ1n) is 4.83. The largest absolute Gasteiger partial charge is 0.397 e. The molecule has 2 rings (SSSR count). The van der Waals surface area contributed by atoms with E-state index >= 15 is 0 Å². The highest BCUT2D eigenvalue weighted by Gasteiger charge is 2.16. The summed E-state index contributed by atoms with van der Waals surface area (Å²) in [6.07, 6.45) is 2.04. The number of hydrogen-bond acceptors (Lipinski definition) is 3. The zero-order valence-electron chi connectivity index (χ0n) is 8.17. The summed E-state index contributed by atoms with van der Waals surface area (Å²) in [6.45, 7) is 1.37. The Morgan fingerprint density at radius 3 is 2.87 bits per heavy atom. The maximum atomic E-state index is 13.2. The molecule has 1 fully saturated rings. The summed E-state index contributed by atoms with van der Waals surface area (Å²) in [6, 6.07) is 2.72. The van der Waals surface area contributed by atoms with Crippen LogP contribution in [0, 0.1) is 5.82 Å². The minimum Gasteiger partial charge on any atom is -0.397 e. The zero-order valence-corrected chi connectivity index (χ0v) is 8.93. The fourth-order valence-corrected chi connectivity index (χ4v) is 1.73. The summed E-state index contributed by atoms with van der Waals surface area (Å²) in [4.78, 5) is 5.38. The van der Waals surface area contributed by atoms with E-state index in [1.165, 1.54) is 12.1 Å². The van der Waals surface area contributed by atoms with Crippen LogP contribution in [0.15, 0.2) is 12.1 Å². The number of nitrogen functional groups attached to an aromatic ring is 1. The molecule has 2 N–H and O–H groups in total. The van der Waals surface area contributed by atoms with Crippen LogP contribution in [0.2, 0.25) is 5.02 Å². The third-order valence-electron chi connectivity index (χ3n) is 2.34. The first-order valence-corrected chi connectivity index (χ1v) is 5.21. The van der Waals surface area contributed by atoms with Gasteiger partial charge in [0, 0.05) is 12.6 Å². The Kier molecular flexibility index (Phi) is 2.98. The van der Waals surface area contributed by atoms with E-state index in [4.69, 9.17) is 22.2 Å². The van der Waals surface area contributed by atoms with Crippen molar-refractivity contribution in [2.24, 2.45) is 0 Å². The summed E-state index contributed by atoms with van der Waals surface area (Å²) in [5.41, 5.74) is 6.73. The predicted molar refractivity (Wildman–Crippen MR) is 58.4 cm³/mol. The number of hydroxylamine groups is 1. The fraction of sp³-hybridized carbons (Fsp3) is 0.400. The first kappa shape index (κ1) is 10.5. The standard InChI is InChI=1S/C10H12ClFN2O/c11-7-5-9(13)10(6-8(7)12)14-3-1-2-4-15-14/h5-6H,1-4,13H2. The van der Waals surface area contributed by atoms with Crippen LogP contribution in [0.25, 0.3) is 0 Å². The molecule has 15 heavy (non-hydrogen) atoms. The molecule has 0 atom stereocenters. The highest BCUT2D eigenvalue weighted by Crippen LogP contribution is 2.30. The number of nitrogens with two attached hydrogens (primary N) is 1. The van der Waals surface area contributed by atoms with E-state index in [1.54, 1.807) is 5.06 Å². The molecular formula is C10H12ClFN2O. The topological polar surface area (TPSA) is 38.5 Å². The average Bonchev–Trinajstić information content (AvgIpc) is 2.25. The van der Waals surface area contributed by atoms with Crippen LogP contribution in [-0.2, 0) is 4.84 Å². The molecule has 1 aromatic rings. The third-order valence-corrected chi connectivity index (χ3v) is 2.63. The van der Waals surface area contributed by atoms with Gasteiger partial charge in [-0.3, -0.25) is 9.90 Å². The van der Waals surface area contributed by atoms with E-state index in [-0.39, 0.29) is 5.02 Å². The number of rotatable bonds is 1. The minimum atomic E-state index is -0.477. The molecule has 0 spiro atoms. The number of benzene rings is 1. The molecule has 1 saturated heterocycles. The molecule has 0 radical (unpaired) electrons. The molecule has 0 aliphatic carbocycles. The summed E-state index contributed by atoms with van der Waals surface area (Å²) >= 11 is 5.61. The highest BCUT2D eigenvalue weighted by atomic mass is 35.5. The normalized spacial score (nSPS) is 16.8. The first-order chi connectivity index (χ1) is 7.18. The monoisotopic (exact) mass is 230 g/mol. The second kappa shape index (κ2) is 4.24. The van der Waals surface area contributed by atoms with Gasteiger partial charge in [-0.1, -0.05) is 11.6 Å². The molecule has 0 aromatic heterocycles. The van der Waals surface area contributed by atoms with Gasteiger partial charge in [0.1, 0.15) is 5.82 Å². The summed E-state index contributed by atoms with van der Waals surface area (Å²) in [7, 11) is 0. The molecule has 82 valence electrons. The minimum absolute atomic E-state index is 0.0354. The maximum absolute atomic E-state index is 13.2. The quantitative estimate of drug-likeness (QED) is 0.754. The molecule has 0 saturated carbocycles. The predicted octanol–water partition coefficient (Wildman–Crippen LogP) is 2.59. The van der Waals surface area contributed by atoms with E-state index in [0.717, 1.165) is 19.4 Å². The van der Waals surface area contributed by atoms with Gasteiger partial charge >= 0.3 is 0 Å². The van der Waals surface area contributed by atoms with Gasteiger partial charge in [0.25, 0.3) is 0 Å². The van der Waals surface area contributed by atoms with Crippen LogP contribution in [0.4, 0.5) is 15.8 Å². The molecule has 1 aliphatic rings. The van der Waals surface area contributed by atoms with E-state index in [2.05, 4.69) is 0 Å². The van der Waals surface area contributed by atoms with Gasteiger partial charge in [0.05, 0.1) is 23.0 Å². The van der Waals surface area contributed by atoms with Crippen LogP contribution in [0.3, 0.4) is 0 Å². The van der Waals surface area contributed by atoms with Crippen LogP contribution in [-0.4, -0.2) is 13.2 Å². The van der Waals surface area contributed by atoms with E-state index in [1.807, 2.05) is 0 Å². The number of hydrogen-bond donors (Lipinski definition) is 1. The molecule has 1 aliphatic heterocycles. The van der Waals surface area contributed by atoms with Crippen LogP contribution in [0.1, 0.15) is 12.8 Å². The Morgan fingerprint density at radius 1 is 1.40 bits per heavy atom. The van der Waals surface area contributed by atoms with Gasteiger partial charge in [-0.2, -0.15) is 0 Å². The van der Waals surface area contributed by atoms with Crippen molar-refractivity contribution in [3.8, 4) is 0 Å². The van der Waals surface area contributed by atoms with Crippen molar-refractivity contribution in [2.45, 2.75) is 12.8 Å². The van der Waals surface area contributed by atoms with Gasteiger partial charge in [-0.25, -0.2) is 4.39 Å². The lowest BCUT2D eigenvalue weighted by atomic mass is 10.2. The third kappa shape index (κ3) is 2.16. The van der Waals surface area contributed by atoms with Gasteiger partial charge in [0.15, 0.2) is 0 Å². The number of anilines is 2. The van der Waals surface area contributed by atoms with Crippen molar-refractivity contribution in [3.05, 3.63) is 23.0 Å². The second-order valence-electron chi connectivity index (χ2n) is 3.47. The Hall–Kier alpha value is -1.00. The molecule has 1 heterocycles. The molecule has 3 nitrogen and oxygen atoms in total. The molecule has 5 heteroatoms. The lowest BCUT2D eigenvalue weighted by molar-refractivity contribution is 0.0780. The van der Waals surface area contributed by atoms with Crippen molar-refractivity contribution in [1.82, 2.24) is 0 Å². The van der Waals surface area contributed by atoms with E-state index in [9.17, 15) is 4.39 Å². The molecule has 0 bridgehead atoms. The molecule has 0 unspecified atom stereocenters. The van der Waals surface area contributed by atoms with Crippen molar-refractivity contribution in [3.63, 3.8) is 0 Å². The Balaban J connectivity index is 2.30. The van der Waals surface area contributed by atoms with Gasteiger partial charge < -0.3 is 5.73 Å². The number of halogens is 2. The Labute approximate surface area is 92.5 Å². The van der Waals surface area contributed by atoms with Crippen molar-refractivity contribution >= 4 is 23.0 Å². The zero-order chi connectivity index (χ0) is 10.8. The summed E-state index contributed by atoms with van der Waals surface area (Å²) in [5, 5.41) is 1.66. The number of nitrogens with zero attached hydrogens (tertiary/aromatic N) is 1. The van der Waals surface area contributed by atoms with E-state index < -0.39 is 5.82 Å². The maximum Gasteiger partial charge on any atom is 0.144 e. The molecule has 0 amide bonds. The Morgan fingerprint density at radius 2 is 2.20 bits per heavy atom. The Bertz CT molecular complexity index is 367. The van der Waals surface area contributed by atoms with Crippen molar-refractivity contribution < 1.29 is 9.23 Å². The summed E-state index contributed by atoms with van der Waals surface area (Å²) < 4.78 is 13.2. The van der Waals surface area contributed by atoms with Gasteiger partial charge in [0.2, 0.25) is 0 Å². The lowest BCUT2D eigenvalue weighted by Gasteiger charge is -2.28. The van der Waals surface area contributed by atoms with Gasteiger partial charge in [-0.05, 0) is 18.9 Å². The molecular weight excluding hydrogens is 219 g/mol. The van der Waals surface area contributed by atoms with Crippen LogP contribution in [0.5, 0.6) is 0 Å². The lowest BCUT2D eigenvalue weighted by Crippen LogP contribution is -2.30. The summed E-state index contributed by atoms with van der Waals surface area (Å²) in [5.74, 6) is -0.477. The van der Waals surface area contributed by atoms with Crippen LogP contribution < -0.4 is 10.8 Å². The van der Waals surface area contributed by atoms with E-state index in [0.29, 0.717) is 18.0 Å². The SMILES string of the molecule is Nc1cc(Cl)c(F)cc1N1CCCCO1.